The van der Waals surface area contributed by atoms with Gasteiger partial charge in [-0.2, -0.15) is 0 Å². The number of ether oxygens (including phenoxy) is 1. The van der Waals surface area contributed by atoms with Crippen molar-refractivity contribution in [1.29, 1.82) is 0 Å². The van der Waals surface area contributed by atoms with Gasteiger partial charge in [-0.1, -0.05) is 13.0 Å². The predicted molar refractivity (Wildman–Crippen MR) is 53.6 cm³/mol. The van der Waals surface area contributed by atoms with E-state index in [0.29, 0.717) is 6.54 Å². The van der Waals surface area contributed by atoms with Crippen molar-refractivity contribution in [3.05, 3.63) is 12.2 Å². The van der Waals surface area contributed by atoms with Crippen LogP contribution in [0.2, 0.25) is 0 Å². The van der Waals surface area contributed by atoms with E-state index in [9.17, 15) is 4.79 Å². The van der Waals surface area contributed by atoms with Crippen LogP contribution in [0.15, 0.2) is 12.2 Å². The van der Waals surface area contributed by atoms with E-state index in [2.05, 4.69) is 12.2 Å². The van der Waals surface area contributed by atoms with E-state index in [-0.39, 0.29) is 5.91 Å². The molecule has 0 aliphatic heterocycles. The Kier molecular flexibility index (Phi) is 8.67. The number of amides is 1. The molecule has 76 valence electrons. The van der Waals surface area contributed by atoms with Crippen LogP contribution < -0.4 is 5.32 Å². The van der Waals surface area contributed by atoms with Crippen LogP contribution in [0.1, 0.15) is 26.7 Å². The molecule has 0 fully saturated rings. The van der Waals surface area contributed by atoms with Gasteiger partial charge in [0.25, 0.3) is 0 Å². The molecule has 0 aromatic rings. The minimum absolute atomic E-state index is 0.0296. The summed E-state index contributed by atoms with van der Waals surface area (Å²) in [5.74, 6) is -0.0296. The molecule has 1 amide bonds. The lowest BCUT2D eigenvalue weighted by molar-refractivity contribution is -0.116. The van der Waals surface area contributed by atoms with E-state index in [0.717, 1.165) is 26.1 Å². The lowest BCUT2D eigenvalue weighted by Crippen LogP contribution is -2.23. The molecular formula is C10H19NO2. The van der Waals surface area contributed by atoms with Gasteiger partial charge in [-0.25, -0.2) is 0 Å². The van der Waals surface area contributed by atoms with Crippen LogP contribution in [0, 0.1) is 0 Å². The van der Waals surface area contributed by atoms with Crippen LogP contribution in [0.3, 0.4) is 0 Å². The first kappa shape index (κ1) is 12.2. The second kappa shape index (κ2) is 9.26. The second-order valence-corrected chi connectivity index (χ2v) is 2.76. The molecule has 3 heteroatoms. The molecule has 0 atom stereocenters. The van der Waals surface area contributed by atoms with Gasteiger partial charge in [0, 0.05) is 19.8 Å². The van der Waals surface area contributed by atoms with Gasteiger partial charge in [0.15, 0.2) is 0 Å². The molecule has 1 N–H and O–H groups in total. The molecule has 3 nitrogen and oxygen atoms in total. The molecular weight excluding hydrogens is 166 g/mol. The predicted octanol–water partition coefficient (Wildman–Crippen LogP) is 1.50. The van der Waals surface area contributed by atoms with Gasteiger partial charge in [0.2, 0.25) is 5.91 Å². The zero-order valence-electron chi connectivity index (χ0n) is 8.51. The largest absolute Gasteiger partial charge is 0.381 e. The van der Waals surface area contributed by atoms with Crippen LogP contribution in [-0.4, -0.2) is 25.7 Å². The first-order chi connectivity index (χ1) is 6.31. The molecule has 0 saturated carbocycles. The first-order valence-corrected chi connectivity index (χ1v) is 4.79. The third-order valence-corrected chi connectivity index (χ3v) is 1.43. The average molecular weight is 185 g/mol. The van der Waals surface area contributed by atoms with Gasteiger partial charge < -0.3 is 10.1 Å². The lowest BCUT2D eigenvalue weighted by Gasteiger charge is -2.02. The zero-order valence-corrected chi connectivity index (χ0v) is 8.51. The summed E-state index contributed by atoms with van der Waals surface area (Å²) in [5.41, 5.74) is 0. The monoisotopic (exact) mass is 185 g/mol. The molecule has 0 unspecified atom stereocenters. The Bertz CT molecular complexity index is 155. The van der Waals surface area contributed by atoms with Crippen LogP contribution in [0.4, 0.5) is 0 Å². The van der Waals surface area contributed by atoms with E-state index >= 15 is 0 Å². The Morgan fingerprint density at radius 2 is 2.23 bits per heavy atom. The standard InChI is InChI=1S/C10H19NO2/c1-3-6-10(12)11-7-5-9-13-8-4-2/h3,6H,4-5,7-9H2,1-2H3,(H,11,12). The highest BCUT2D eigenvalue weighted by Gasteiger charge is 1.92. The number of rotatable bonds is 7. The van der Waals surface area contributed by atoms with Crippen LogP contribution >= 0.6 is 0 Å². The van der Waals surface area contributed by atoms with E-state index in [1.54, 1.807) is 6.08 Å². The SMILES string of the molecule is CC=CC(=O)NCCCOCCC. The van der Waals surface area contributed by atoms with Crippen LogP contribution in [0.25, 0.3) is 0 Å². The fourth-order valence-electron chi connectivity index (χ4n) is 0.843. The Morgan fingerprint density at radius 3 is 2.85 bits per heavy atom. The van der Waals surface area contributed by atoms with Crippen molar-refractivity contribution >= 4 is 5.91 Å². The molecule has 13 heavy (non-hydrogen) atoms. The molecule has 0 spiro atoms. The molecule has 0 heterocycles. The zero-order chi connectivity index (χ0) is 9.94. The molecule has 0 aliphatic carbocycles. The van der Waals surface area contributed by atoms with E-state index in [1.807, 2.05) is 6.92 Å². The molecule has 0 aliphatic rings. The minimum atomic E-state index is -0.0296. The third kappa shape index (κ3) is 9.08. The number of hydrogen-bond donors (Lipinski definition) is 1. The number of hydrogen-bond acceptors (Lipinski definition) is 2. The first-order valence-electron chi connectivity index (χ1n) is 4.79. The number of allylic oxidation sites excluding steroid dienone is 1. The Morgan fingerprint density at radius 1 is 1.46 bits per heavy atom. The van der Waals surface area contributed by atoms with Gasteiger partial charge in [0.05, 0.1) is 0 Å². The summed E-state index contributed by atoms with van der Waals surface area (Å²) in [6, 6.07) is 0. The maximum Gasteiger partial charge on any atom is 0.243 e. The normalized spacial score (nSPS) is 10.6. The van der Waals surface area contributed by atoms with Gasteiger partial charge >= 0.3 is 0 Å². The number of nitrogens with one attached hydrogen (secondary N) is 1. The van der Waals surface area contributed by atoms with Gasteiger partial charge in [-0.15, -0.1) is 0 Å². The van der Waals surface area contributed by atoms with E-state index < -0.39 is 0 Å². The summed E-state index contributed by atoms with van der Waals surface area (Å²) in [5, 5.41) is 2.75. The molecule has 0 bridgehead atoms. The maximum absolute atomic E-state index is 10.9. The van der Waals surface area contributed by atoms with Crippen molar-refractivity contribution in [1.82, 2.24) is 5.32 Å². The topological polar surface area (TPSA) is 38.3 Å². The summed E-state index contributed by atoms with van der Waals surface area (Å²) in [6.45, 7) is 6.12. The van der Waals surface area contributed by atoms with Gasteiger partial charge in [-0.3, -0.25) is 4.79 Å². The molecule has 0 radical (unpaired) electrons. The van der Waals surface area contributed by atoms with Crippen LogP contribution in [-0.2, 0) is 9.53 Å². The fourth-order valence-corrected chi connectivity index (χ4v) is 0.843. The average Bonchev–Trinajstić information content (AvgIpc) is 2.11. The quantitative estimate of drug-likeness (QED) is 0.482. The highest BCUT2D eigenvalue weighted by molar-refractivity contribution is 5.87. The van der Waals surface area contributed by atoms with Crippen molar-refractivity contribution in [2.24, 2.45) is 0 Å². The summed E-state index contributed by atoms with van der Waals surface area (Å²) in [7, 11) is 0. The highest BCUT2D eigenvalue weighted by Crippen LogP contribution is 1.84. The molecule has 0 aromatic carbocycles. The van der Waals surface area contributed by atoms with Gasteiger partial charge in [0.1, 0.15) is 0 Å². The van der Waals surface area contributed by atoms with Crippen molar-refractivity contribution in [2.75, 3.05) is 19.8 Å². The van der Waals surface area contributed by atoms with Crippen LogP contribution in [0.5, 0.6) is 0 Å². The van der Waals surface area contributed by atoms with E-state index in [4.69, 9.17) is 4.74 Å². The van der Waals surface area contributed by atoms with E-state index in [1.165, 1.54) is 6.08 Å². The van der Waals surface area contributed by atoms with Crippen molar-refractivity contribution in [3.8, 4) is 0 Å². The second-order valence-electron chi connectivity index (χ2n) is 2.76. The molecule has 0 rings (SSSR count). The molecule has 0 saturated heterocycles. The lowest BCUT2D eigenvalue weighted by atomic mass is 10.4. The van der Waals surface area contributed by atoms with Crippen molar-refractivity contribution in [2.45, 2.75) is 26.7 Å². The Hall–Kier alpha value is -0.830. The third-order valence-electron chi connectivity index (χ3n) is 1.43. The fraction of sp³-hybridized carbons (Fsp3) is 0.700. The number of carbonyl (C=O) groups is 1. The smallest absolute Gasteiger partial charge is 0.243 e. The Labute approximate surface area is 80.2 Å². The molecule has 0 aromatic heterocycles. The number of carbonyl (C=O) groups excluding carboxylic acids is 1. The Balaban J connectivity index is 3.11. The van der Waals surface area contributed by atoms with Crippen molar-refractivity contribution < 1.29 is 9.53 Å². The maximum atomic E-state index is 10.9. The summed E-state index contributed by atoms with van der Waals surface area (Å²) < 4.78 is 5.26. The summed E-state index contributed by atoms with van der Waals surface area (Å²) in [6.07, 6.45) is 5.17. The van der Waals surface area contributed by atoms with Gasteiger partial charge in [-0.05, 0) is 25.8 Å². The highest BCUT2D eigenvalue weighted by atomic mass is 16.5. The minimum Gasteiger partial charge on any atom is -0.381 e. The summed E-state index contributed by atoms with van der Waals surface area (Å²) >= 11 is 0. The summed E-state index contributed by atoms with van der Waals surface area (Å²) in [4.78, 5) is 10.9. The van der Waals surface area contributed by atoms with Crippen molar-refractivity contribution in [3.63, 3.8) is 0 Å².